The van der Waals surface area contributed by atoms with Gasteiger partial charge in [-0.1, -0.05) is 0 Å². The Morgan fingerprint density at radius 3 is 2.44 bits per heavy atom. The van der Waals surface area contributed by atoms with E-state index in [0.717, 1.165) is 42.6 Å². The fourth-order valence-corrected chi connectivity index (χ4v) is 3.82. The van der Waals surface area contributed by atoms with Gasteiger partial charge in [0.05, 0.1) is 18.1 Å². The van der Waals surface area contributed by atoms with Gasteiger partial charge in [0.15, 0.2) is 0 Å². The number of morpholine rings is 1. The summed E-state index contributed by atoms with van der Waals surface area (Å²) >= 11 is 1.45. The minimum atomic E-state index is -0.197. The predicted octanol–water partition coefficient (Wildman–Crippen LogP) is 2.99. The highest BCUT2D eigenvalue weighted by atomic mass is 32.1. The van der Waals surface area contributed by atoms with Crippen LogP contribution in [0, 0.1) is 6.92 Å². The Labute approximate surface area is 163 Å². The van der Waals surface area contributed by atoms with E-state index in [1.165, 1.54) is 11.3 Å². The van der Waals surface area contributed by atoms with Crippen molar-refractivity contribution in [1.82, 2.24) is 4.90 Å². The maximum atomic E-state index is 12.5. The summed E-state index contributed by atoms with van der Waals surface area (Å²) in [5.74, 6) is -0.300. The van der Waals surface area contributed by atoms with Gasteiger partial charge in [0.1, 0.15) is 6.54 Å². The zero-order valence-electron chi connectivity index (χ0n) is 15.7. The van der Waals surface area contributed by atoms with Crippen LogP contribution >= 0.6 is 11.3 Å². The van der Waals surface area contributed by atoms with E-state index in [1.54, 1.807) is 4.90 Å². The second-order valence-corrected chi connectivity index (χ2v) is 7.71. The average molecular weight is 388 g/mol. The van der Waals surface area contributed by atoms with Crippen LogP contribution in [-0.2, 0) is 9.53 Å². The van der Waals surface area contributed by atoms with Crippen molar-refractivity contribution in [1.29, 1.82) is 0 Å². The van der Waals surface area contributed by atoms with E-state index in [0.29, 0.717) is 11.4 Å². The number of nitrogens with one attached hydrogen (secondary N) is 1. The first-order valence-corrected chi connectivity index (χ1v) is 9.97. The Hall–Kier alpha value is -2.38. The minimum Gasteiger partial charge on any atom is -0.378 e. The number of anilines is 2. The Kier molecular flexibility index (Phi) is 6.47. The first-order chi connectivity index (χ1) is 13.1. The maximum absolute atomic E-state index is 12.5. The van der Waals surface area contributed by atoms with Crippen molar-refractivity contribution in [2.45, 2.75) is 13.8 Å². The van der Waals surface area contributed by atoms with Crippen molar-refractivity contribution < 1.29 is 14.3 Å². The van der Waals surface area contributed by atoms with Crippen LogP contribution in [0.3, 0.4) is 0 Å². The smallest absolute Gasteiger partial charge is 0.264 e. The van der Waals surface area contributed by atoms with Crippen LogP contribution in [-0.4, -0.2) is 56.1 Å². The monoisotopic (exact) mass is 387 g/mol. The summed E-state index contributed by atoms with van der Waals surface area (Å²) in [5.41, 5.74) is 1.85. The van der Waals surface area contributed by atoms with Gasteiger partial charge in [0.2, 0.25) is 5.91 Å². The molecule has 0 unspecified atom stereocenters. The van der Waals surface area contributed by atoms with Crippen molar-refractivity contribution in [3.63, 3.8) is 0 Å². The van der Waals surface area contributed by atoms with E-state index in [2.05, 4.69) is 10.2 Å². The normalized spacial score (nSPS) is 14.1. The number of ether oxygens (including phenoxy) is 1. The molecular formula is C20H25N3O3S. The van der Waals surface area contributed by atoms with Crippen LogP contribution in [0.2, 0.25) is 0 Å². The van der Waals surface area contributed by atoms with Gasteiger partial charge < -0.3 is 19.9 Å². The fourth-order valence-electron chi connectivity index (χ4n) is 2.98. The molecule has 0 aliphatic carbocycles. The number of hydrogen-bond acceptors (Lipinski definition) is 5. The number of benzene rings is 1. The molecule has 0 bridgehead atoms. The highest BCUT2D eigenvalue weighted by Gasteiger charge is 2.19. The van der Waals surface area contributed by atoms with E-state index in [9.17, 15) is 9.59 Å². The molecule has 6 nitrogen and oxygen atoms in total. The summed E-state index contributed by atoms with van der Waals surface area (Å²) in [5, 5.41) is 2.88. The molecule has 1 saturated heterocycles. The second-order valence-electron chi connectivity index (χ2n) is 6.42. The standard InChI is InChI=1S/C20H25N3O3S/c1-3-22(20(25)18-9-4-15(2)27-18)14-19(24)21-16-5-7-17(8-6-16)23-10-12-26-13-11-23/h4-9H,3,10-14H2,1-2H3,(H,21,24). The molecular weight excluding hydrogens is 362 g/mol. The predicted molar refractivity (Wildman–Crippen MR) is 109 cm³/mol. The lowest BCUT2D eigenvalue weighted by molar-refractivity contribution is -0.116. The van der Waals surface area contributed by atoms with Gasteiger partial charge in [0, 0.05) is 35.9 Å². The van der Waals surface area contributed by atoms with Gasteiger partial charge >= 0.3 is 0 Å². The third-order valence-electron chi connectivity index (χ3n) is 4.48. The van der Waals surface area contributed by atoms with Crippen LogP contribution in [0.4, 0.5) is 11.4 Å². The summed E-state index contributed by atoms with van der Waals surface area (Å²) in [6.07, 6.45) is 0. The third kappa shape index (κ3) is 5.08. The first kappa shape index (κ1) is 19.4. The van der Waals surface area contributed by atoms with Crippen LogP contribution in [0.25, 0.3) is 0 Å². The van der Waals surface area contributed by atoms with Crippen molar-refractivity contribution in [3.05, 3.63) is 46.2 Å². The molecule has 27 heavy (non-hydrogen) atoms. The summed E-state index contributed by atoms with van der Waals surface area (Å²) < 4.78 is 5.37. The van der Waals surface area contributed by atoms with E-state index in [-0.39, 0.29) is 18.4 Å². The summed E-state index contributed by atoms with van der Waals surface area (Å²) in [6.45, 7) is 7.60. The topological polar surface area (TPSA) is 61.9 Å². The number of aryl methyl sites for hydroxylation is 1. The molecule has 1 fully saturated rings. The molecule has 0 spiro atoms. The van der Waals surface area contributed by atoms with E-state index < -0.39 is 0 Å². The number of carbonyl (C=O) groups is 2. The van der Waals surface area contributed by atoms with Crippen LogP contribution in [0.1, 0.15) is 21.5 Å². The molecule has 1 aliphatic heterocycles. The lowest BCUT2D eigenvalue weighted by Gasteiger charge is -2.29. The quantitative estimate of drug-likeness (QED) is 0.828. The molecule has 0 atom stereocenters. The lowest BCUT2D eigenvalue weighted by Crippen LogP contribution is -2.37. The summed E-state index contributed by atoms with van der Waals surface area (Å²) in [4.78, 5) is 30.5. The highest BCUT2D eigenvalue weighted by molar-refractivity contribution is 7.13. The van der Waals surface area contributed by atoms with E-state index >= 15 is 0 Å². The number of nitrogens with zero attached hydrogens (tertiary/aromatic N) is 2. The number of thiophene rings is 1. The van der Waals surface area contributed by atoms with Gasteiger partial charge in [-0.2, -0.15) is 0 Å². The molecule has 1 aromatic heterocycles. The number of carbonyl (C=O) groups excluding carboxylic acids is 2. The number of rotatable bonds is 6. The molecule has 1 N–H and O–H groups in total. The molecule has 1 aliphatic rings. The van der Waals surface area contributed by atoms with Gasteiger partial charge in [-0.25, -0.2) is 0 Å². The maximum Gasteiger partial charge on any atom is 0.264 e. The zero-order valence-corrected chi connectivity index (χ0v) is 16.6. The Balaban J connectivity index is 1.56. The molecule has 144 valence electrons. The van der Waals surface area contributed by atoms with Crippen LogP contribution in [0.5, 0.6) is 0 Å². The largest absolute Gasteiger partial charge is 0.378 e. The number of likely N-dealkylation sites (N-methyl/N-ethyl adjacent to an activating group) is 1. The van der Waals surface area contributed by atoms with Crippen molar-refractivity contribution >= 4 is 34.5 Å². The number of amides is 2. The summed E-state index contributed by atoms with van der Waals surface area (Å²) in [6, 6.07) is 11.5. The fraction of sp³-hybridized carbons (Fsp3) is 0.400. The van der Waals surface area contributed by atoms with Crippen molar-refractivity contribution in [2.75, 3.05) is 49.6 Å². The van der Waals surface area contributed by atoms with Gasteiger partial charge in [-0.05, 0) is 50.2 Å². The molecule has 2 amide bonds. The van der Waals surface area contributed by atoms with E-state index in [1.807, 2.05) is 50.2 Å². The van der Waals surface area contributed by atoms with Crippen LogP contribution < -0.4 is 10.2 Å². The molecule has 3 rings (SSSR count). The SMILES string of the molecule is CCN(CC(=O)Nc1ccc(N2CCOCC2)cc1)C(=O)c1ccc(C)s1. The molecule has 0 radical (unpaired) electrons. The van der Waals surface area contributed by atoms with Crippen molar-refractivity contribution in [3.8, 4) is 0 Å². The van der Waals surface area contributed by atoms with Gasteiger partial charge in [-0.3, -0.25) is 9.59 Å². The number of hydrogen-bond donors (Lipinski definition) is 1. The van der Waals surface area contributed by atoms with Gasteiger partial charge in [0.25, 0.3) is 5.91 Å². The minimum absolute atomic E-state index is 0.0392. The van der Waals surface area contributed by atoms with Gasteiger partial charge in [-0.15, -0.1) is 11.3 Å². The Morgan fingerprint density at radius 1 is 1.15 bits per heavy atom. The Morgan fingerprint density at radius 2 is 1.85 bits per heavy atom. The van der Waals surface area contributed by atoms with Crippen LogP contribution in [0.15, 0.2) is 36.4 Å². The van der Waals surface area contributed by atoms with Crippen molar-refractivity contribution in [2.24, 2.45) is 0 Å². The zero-order chi connectivity index (χ0) is 19.2. The van der Waals surface area contributed by atoms with E-state index in [4.69, 9.17) is 4.74 Å². The molecule has 7 heteroatoms. The molecule has 0 saturated carbocycles. The first-order valence-electron chi connectivity index (χ1n) is 9.15. The molecule has 2 aromatic rings. The highest BCUT2D eigenvalue weighted by Crippen LogP contribution is 2.20. The summed E-state index contributed by atoms with van der Waals surface area (Å²) in [7, 11) is 0. The molecule has 1 aromatic carbocycles. The average Bonchev–Trinajstić information content (AvgIpc) is 3.13. The third-order valence-corrected chi connectivity index (χ3v) is 5.47. The second kappa shape index (κ2) is 9.01. The molecule has 2 heterocycles. The lowest BCUT2D eigenvalue weighted by atomic mass is 10.2. The Bertz CT molecular complexity index is 782.